The molecule has 2 aromatic rings. The van der Waals surface area contributed by atoms with Crippen molar-refractivity contribution in [2.75, 3.05) is 27.2 Å². The van der Waals surface area contributed by atoms with Gasteiger partial charge in [-0.25, -0.2) is 0 Å². The SMILES string of the molecule is CN[C@H](C(=O)N[C@H](C(=O)N(C)[C@H](/C=C(\C)C(=O)N1CCC[C@@H]1C(=O)NCCc1ccccc1)C(C)C)C(C)(C)C)C(C)(C)c1ccccc1. The van der Waals surface area contributed by atoms with Gasteiger partial charge in [-0.05, 0) is 55.7 Å². The standard InChI is InChI=1S/C40H59N5O4/c1-27(2)32(26-28(3)37(48)45-25-17-22-31(45)35(46)42-24-23-29-18-13-11-14-19-29)44(10)38(49)34(39(4,5)6)43-36(47)33(41-9)40(7,8)30-20-15-12-16-21-30/h11-16,18-21,26-27,31-34,41H,17,22-25H2,1-10H3,(H,42,46)(H,43,47)/b28-26+/t31-,32-,33-,34-/m1/s1. The lowest BCUT2D eigenvalue weighted by Crippen LogP contribution is -2.61. The van der Waals surface area contributed by atoms with Crippen LogP contribution in [0.2, 0.25) is 0 Å². The number of benzene rings is 2. The second-order valence-corrected chi connectivity index (χ2v) is 15.3. The summed E-state index contributed by atoms with van der Waals surface area (Å²) in [6.07, 6.45) is 3.93. The Balaban J connectivity index is 1.76. The van der Waals surface area contributed by atoms with Crippen LogP contribution in [0.5, 0.6) is 0 Å². The molecular weight excluding hydrogens is 614 g/mol. The van der Waals surface area contributed by atoms with Crippen LogP contribution in [0.25, 0.3) is 0 Å². The molecule has 3 rings (SSSR count). The van der Waals surface area contributed by atoms with Crippen molar-refractivity contribution in [1.29, 1.82) is 0 Å². The summed E-state index contributed by atoms with van der Waals surface area (Å²) in [5, 5.41) is 9.29. The van der Waals surface area contributed by atoms with E-state index in [-0.39, 0.29) is 29.5 Å². The summed E-state index contributed by atoms with van der Waals surface area (Å²) in [4.78, 5) is 58.4. The first-order chi connectivity index (χ1) is 23.0. The van der Waals surface area contributed by atoms with E-state index in [4.69, 9.17) is 0 Å². The Morgan fingerprint density at radius 2 is 1.53 bits per heavy atom. The Morgan fingerprint density at radius 3 is 2.08 bits per heavy atom. The minimum absolute atomic E-state index is 0.0225. The van der Waals surface area contributed by atoms with Crippen LogP contribution in [0.4, 0.5) is 0 Å². The number of carbonyl (C=O) groups is 4. The van der Waals surface area contributed by atoms with Gasteiger partial charge in [0.05, 0.1) is 12.1 Å². The largest absolute Gasteiger partial charge is 0.354 e. The Kier molecular flexibility index (Phi) is 13.8. The van der Waals surface area contributed by atoms with E-state index in [0.717, 1.165) is 24.0 Å². The fourth-order valence-corrected chi connectivity index (χ4v) is 6.76. The number of carbonyl (C=O) groups excluding carboxylic acids is 4. The zero-order valence-corrected chi connectivity index (χ0v) is 31.3. The lowest BCUT2D eigenvalue weighted by atomic mass is 9.76. The second kappa shape index (κ2) is 17.1. The van der Waals surface area contributed by atoms with Crippen LogP contribution >= 0.6 is 0 Å². The molecule has 0 aromatic heterocycles. The van der Waals surface area contributed by atoms with E-state index in [9.17, 15) is 19.2 Å². The van der Waals surface area contributed by atoms with Gasteiger partial charge in [0.2, 0.25) is 23.6 Å². The summed E-state index contributed by atoms with van der Waals surface area (Å²) in [5.41, 5.74) is 1.49. The van der Waals surface area contributed by atoms with Crippen molar-refractivity contribution < 1.29 is 19.2 Å². The second-order valence-electron chi connectivity index (χ2n) is 15.3. The quantitative estimate of drug-likeness (QED) is 0.248. The molecule has 0 bridgehead atoms. The number of nitrogens with one attached hydrogen (secondary N) is 3. The number of nitrogens with zero attached hydrogens (tertiary/aromatic N) is 2. The van der Waals surface area contributed by atoms with Gasteiger partial charge in [0.25, 0.3) is 0 Å². The topological polar surface area (TPSA) is 111 Å². The van der Waals surface area contributed by atoms with Gasteiger partial charge in [-0.3, -0.25) is 19.2 Å². The highest BCUT2D eigenvalue weighted by Gasteiger charge is 2.42. The summed E-state index contributed by atoms with van der Waals surface area (Å²) in [7, 11) is 3.49. The van der Waals surface area contributed by atoms with Crippen molar-refractivity contribution in [3.63, 3.8) is 0 Å². The smallest absolute Gasteiger partial charge is 0.249 e. The zero-order valence-electron chi connectivity index (χ0n) is 31.3. The molecule has 0 spiro atoms. The summed E-state index contributed by atoms with van der Waals surface area (Å²) in [6, 6.07) is 17.5. The Hall–Kier alpha value is -3.98. The summed E-state index contributed by atoms with van der Waals surface area (Å²) < 4.78 is 0. The molecule has 49 heavy (non-hydrogen) atoms. The van der Waals surface area contributed by atoms with Crippen molar-refractivity contribution in [1.82, 2.24) is 25.8 Å². The van der Waals surface area contributed by atoms with Gasteiger partial charge in [-0.2, -0.15) is 0 Å². The lowest BCUT2D eigenvalue weighted by Gasteiger charge is -2.40. The molecule has 268 valence electrons. The molecule has 0 unspecified atom stereocenters. The van der Waals surface area contributed by atoms with Gasteiger partial charge in [0, 0.05) is 31.1 Å². The first kappa shape index (κ1) is 39.5. The van der Waals surface area contributed by atoms with Gasteiger partial charge in [-0.15, -0.1) is 0 Å². The molecule has 1 fully saturated rings. The molecule has 3 N–H and O–H groups in total. The van der Waals surface area contributed by atoms with Crippen LogP contribution in [-0.4, -0.2) is 84.8 Å². The fraction of sp³-hybridized carbons (Fsp3) is 0.550. The first-order valence-electron chi connectivity index (χ1n) is 17.6. The number of rotatable bonds is 14. The molecular formula is C40H59N5O4. The van der Waals surface area contributed by atoms with Gasteiger partial charge in [-0.1, -0.05) is 115 Å². The number of amides is 4. The highest BCUT2D eigenvalue weighted by atomic mass is 16.2. The maximum absolute atomic E-state index is 14.3. The van der Waals surface area contributed by atoms with Crippen molar-refractivity contribution in [3.05, 3.63) is 83.4 Å². The lowest BCUT2D eigenvalue weighted by molar-refractivity contribution is -0.141. The molecule has 2 aromatic carbocycles. The van der Waals surface area contributed by atoms with Crippen molar-refractivity contribution in [2.45, 2.75) is 104 Å². The average molecular weight is 674 g/mol. The Bertz CT molecular complexity index is 1450. The maximum Gasteiger partial charge on any atom is 0.249 e. The van der Waals surface area contributed by atoms with E-state index in [0.29, 0.717) is 25.1 Å². The van der Waals surface area contributed by atoms with E-state index >= 15 is 0 Å². The predicted molar refractivity (Wildman–Crippen MR) is 197 cm³/mol. The molecule has 1 aliphatic rings. The Labute approximate surface area is 294 Å². The van der Waals surface area contributed by atoms with E-state index in [1.165, 1.54) is 0 Å². The molecule has 0 aliphatic carbocycles. The van der Waals surface area contributed by atoms with E-state index < -0.39 is 35.0 Å². The minimum atomic E-state index is -0.819. The van der Waals surface area contributed by atoms with Crippen LogP contribution in [-0.2, 0) is 31.0 Å². The zero-order chi connectivity index (χ0) is 36.5. The highest BCUT2D eigenvalue weighted by molar-refractivity contribution is 5.97. The van der Waals surface area contributed by atoms with Crippen LogP contribution < -0.4 is 16.0 Å². The molecule has 0 radical (unpaired) electrons. The number of hydrogen-bond acceptors (Lipinski definition) is 5. The maximum atomic E-state index is 14.3. The van der Waals surface area contributed by atoms with Crippen molar-refractivity contribution in [2.24, 2.45) is 11.3 Å². The number of likely N-dealkylation sites (N-methyl/N-ethyl adjacent to an activating group) is 2. The van der Waals surface area contributed by atoms with Crippen LogP contribution in [0.1, 0.15) is 79.4 Å². The summed E-state index contributed by atoms with van der Waals surface area (Å²) in [5.74, 6) is -0.858. The van der Waals surface area contributed by atoms with Crippen molar-refractivity contribution in [3.8, 4) is 0 Å². The molecule has 9 nitrogen and oxygen atoms in total. The fourth-order valence-electron chi connectivity index (χ4n) is 6.76. The van der Waals surface area contributed by atoms with Crippen molar-refractivity contribution >= 4 is 23.6 Å². The predicted octanol–water partition coefficient (Wildman–Crippen LogP) is 4.86. The third kappa shape index (κ3) is 10.0. The van der Waals surface area contributed by atoms with E-state index in [1.54, 1.807) is 30.8 Å². The molecule has 4 amide bonds. The number of likely N-dealkylation sites (tertiary alicyclic amines) is 1. The van der Waals surface area contributed by atoms with Gasteiger partial charge < -0.3 is 25.8 Å². The molecule has 0 saturated carbocycles. The van der Waals surface area contributed by atoms with Gasteiger partial charge in [0.1, 0.15) is 12.1 Å². The highest BCUT2D eigenvalue weighted by Crippen LogP contribution is 2.29. The molecule has 1 saturated heterocycles. The minimum Gasteiger partial charge on any atom is -0.354 e. The third-order valence-corrected chi connectivity index (χ3v) is 9.80. The molecule has 9 heteroatoms. The van der Waals surface area contributed by atoms with E-state index in [2.05, 4.69) is 16.0 Å². The summed E-state index contributed by atoms with van der Waals surface area (Å²) >= 11 is 0. The van der Waals surface area contributed by atoms with Gasteiger partial charge >= 0.3 is 0 Å². The monoisotopic (exact) mass is 673 g/mol. The van der Waals surface area contributed by atoms with Crippen LogP contribution in [0.15, 0.2) is 72.3 Å². The molecule has 4 atom stereocenters. The first-order valence-corrected chi connectivity index (χ1v) is 17.6. The van der Waals surface area contributed by atoms with Crippen LogP contribution in [0, 0.1) is 11.3 Å². The van der Waals surface area contributed by atoms with E-state index in [1.807, 2.05) is 115 Å². The van der Waals surface area contributed by atoms with Gasteiger partial charge in [0.15, 0.2) is 0 Å². The summed E-state index contributed by atoms with van der Waals surface area (Å²) in [6.45, 7) is 16.6. The molecule has 1 aliphatic heterocycles. The number of hydrogen-bond donors (Lipinski definition) is 3. The molecule has 1 heterocycles. The average Bonchev–Trinajstić information content (AvgIpc) is 3.55. The third-order valence-electron chi connectivity index (χ3n) is 9.80. The van der Waals surface area contributed by atoms with Crippen LogP contribution in [0.3, 0.4) is 0 Å². The normalized spacial score (nSPS) is 17.3. The Morgan fingerprint density at radius 1 is 0.939 bits per heavy atom.